The molecule has 0 saturated carbocycles. The van der Waals surface area contributed by atoms with Gasteiger partial charge in [-0.1, -0.05) is 54.4 Å². The average Bonchev–Trinajstić information content (AvgIpc) is 2.73. The van der Waals surface area contributed by atoms with Gasteiger partial charge in [0, 0.05) is 19.6 Å². The van der Waals surface area contributed by atoms with Crippen LogP contribution in [0.3, 0.4) is 0 Å². The number of amides is 2. The Kier molecular flexibility index (Phi) is 9.19. The lowest BCUT2D eigenvalue weighted by Gasteiger charge is -2.32. The fourth-order valence-corrected chi connectivity index (χ4v) is 4.68. The van der Waals surface area contributed by atoms with Crippen molar-refractivity contribution in [3.8, 4) is 0 Å². The number of carbonyl (C=O) groups is 2. The lowest BCUT2D eigenvalue weighted by molar-refractivity contribution is -0.141. The maximum Gasteiger partial charge on any atom is 0.243 e. The van der Waals surface area contributed by atoms with Gasteiger partial charge in [-0.15, -0.1) is 0 Å². The summed E-state index contributed by atoms with van der Waals surface area (Å²) in [4.78, 5) is 27.9. The topological polar surface area (TPSA) is 86.8 Å². The van der Waals surface area contributed by atoms with E-state index in [1.165, 1.54) is 24.1 Å². The van der Waals surface area contributed by atoms with Crippen LogP contribution in [0.2, 0.25) is 0 Å². The lowest BCUT2D eigenvalue weighted by atomic mass is 10.1. The van der Waals surface area contributed by atoms with E-state index in [1.54, 1.807) is 12.1 Å². The van der Waals surface area contributed by atoms with E-state index < -0.39 is 22.0 Å². The molecule has 2 aromatic carbocycles. The Hall–Kier alpha value is -2.71. The van der Waals surface area contributed by atoms with Crippen molar-refractivity contribution in [2.45, 2.75) is 64.6 Å². The quantitative estimate of drug-likeness (QED) is 0.574. The minimum atomic E-state index is -3.85. The van der Waals surface area contributed by atoms with Crippen molar-refractivity contribution in [1.29, 1.82) is 0 Å². The summed E-state index contributed by atoms with van der Waals surface area (Å²) < 4.78 is 27.0. The summed E-state index contributed by atoms with van der Waals surface area (Å²) in [6.45, 7) is 9.24. The van der Waals surface area contributed by atoms with E-state index >= 15 is 0 Å². The highest BCUT2D eigenvalue weighted by molar-refractivity contribution is 7.89. The van der Waals surface area contributed by atoms with Crippen LogP contribution in [0.15, 0.2) is 53.4 Å². The number of nitrogens with zero attached hydrogens (tertiary/aromatic N) is 2. The van der Waals surface area contributed by atoms with Crippen molar-refractivity contribution in [2.24, 2.45) is 0 Å². The largest absolute Gasteiger partial charge is 0.352 e. The minimum absolute atomic E-state index is 0.0768. The van der Waals surface area contributed by atoms with E-state index in [4.69, 9.17) is 0 Å². The van der Waals surface area contributed by atoms with Gasteiger partial charge in [-0.3, -0.25) is 9.59 Å². The molecule has 1 atom stereocenters. The molecule has 2 amide bonds. The highest BCUT2D eigenvalue weighted by Crippen LogP contribution is 2.18. The van der Waals surface area contributed by atoms with Crippen LogP contribution in [0.25, 0.3) is 0 Å². The highest BCUT2D eigenvalue weighted by atomic mass is 32.2. The molecule has 0 aliphatic heterocycles. The molecule has 0 aromatic heterocycles. The maximum atomic E-state index is 13.4. The van der Waals surface area contributed by atoms with Crippen LogP contribution in [0.1, 0.15) is 43.9 Å². The molecule has 0 bridgehead atoms. The minimum Gasteiger partial charge on any atom is -0.352 e. The van der Waals surface area contributed by atoms with Crippen molar-refractivity contribution in [1.82, 2.24) is 14.5 Å². The van der Waals surface area contributed by atoms with Crippen LogP contribution in [0, 0.1) is 13.8 Å². The monoisotopic (exact) mass is 473 g/mol. The van der Waals surface area contributed by atoms with E-state index in [0.717, 1.165) is 21.0 Å². The van der Waals surface area contributed by atoms with Gasteiger partial charge in [0.25, 0.3) is 0 Å². The van der Waals surface area contributed by atoms with Gasteiger partial charge in [-0.2, -0.15) is 4.31 Å². The van der Waals surface area contributed by atoms with Crippen molar-refractivity contribution < 1.29 is 18.0 Å². The Balaban J connectivity index is 2.33. The van der Waals surface area contributed by atoms with Crippen LogP contribution >= 0.6 is 0 Å². The number of nitrogens with one attached hydrogen (secondary N) is 1. The number of benzene rings is 2. The molecule has 0 aliphatic carbocycles. The summed E-state index contributed by atoms with van der Waals surface area (Å²) in [7, 11) is -2.47. The molecule has 0 spiro atoms. The zero-order chi connectivity index (χ0) is 24.8. The molecule has 0 unspecified atom stereocenters. The van der Waals surface area contributed by atoms with Gasteiger partial charge in [0.1, 0.15) is 6.04 Å². The average molecular weight is 474 g/mol. The smallest absolute Gasteiger partial charge is 0.243 e. The normalized spacial score (nSPS) is 12.6. The van der Waals surface area contributed by atoms with Gasteiger partial charge in [0.2, 0.25) is 21.8 Å². The first-order chi connectivity index (χ1) is 15.4. The third kappa shape index (κ3) is 7.14. The molecule has 0 radical (unpaired) electrons. The standard InChI is InChI=1S/C25H35N3O4S/c1-7-23(25(30)26-18(2)3)28(16-21-10-8-9-20(5)15-21)24(29)17-27(6)33(31,32)22-13-11-19(4)12-14-22/h8-15,18,23H,7,16-17H2,1-6H3,(H,26,30)/t23-/m1/s1. The Morgan fingerprint density at radius 2 is 1.64 bits per heavy atom. The van der Waals surface area contributed by atoms with Crippen molar-refractivity contribution in [2.75, 3.05) is 13.6 Å². The summed E-state index contributed by atoms with van der Waals surface area (Å²) >= 11 is 0. The number of sulfonamides is 1. The SMILES string of the molecule is CC[C@H](C(=O)NC(C)C)N(Cc1cccc(C)c1)C(=O)CN(C)S(=O)(=O)c1ccc(C)cc1. The zero-order valence-electron chi connectivity index (χ0n) is 20.3. The first-order valence-electron chi connectivity index (χ1n) is 11.1. The number of likely N-dealkylation sites (N-methyl/N-ethyl adjacent to an activating group) is 1. The fraction of sp³-hybridized carbons (Fsp3) is 0.440. The van der Waals surface area contributed by atoms with Crippen LogP contribution in [-0.4, -0.2) is 55.1 Å². The van der Waals surface area contributed by atoms with Crippen LogP contribution < -0.4 is 5.32 Å². The number of hydrogen-bond acceptors (Lipinski definition) is 4. The Labute approximate surface area is 197 Å². The second kappa shape index (κ2) is 11.4. The molecule has 0 aliphatic rings. The third-order valence-corrected chi connectivity index (χ3v) is 7.16. The molecule has 0 heterocycles. The number of aryl methyl sites for hydroxylation is 2. The Morgan fingerprint density at radius 3 is 2.18 bits per heavy atom. The molecule has 0 saturated heterocycles. The molecular formula is C25H35N3O4S. The van der Waals surface area contributed by atoms with Gasteiger partial charge in [0.05, 0.1) is 11.4 Å². The first-order valence-corrected chi connectivity index (χ1v) is 12.6. The molecule has 180 valence electrons. The van der Waals surface area contributed by atoms with Gasteiger partial charge in [-0.25, -0.2) is 8.42 Å². The molecule has 7 nitrogen and oxygen atoms in total. The Bertz CT molecular complexity index is 1070. The highest BCUT2D eigenvalue weighted by Gasteiger charge is 2.32. The van der Waals surface area contributed by atoms with E-state index in [-0.39, 0.29) is 29.9 Å². The fourth-order valence-electron chi connectivity index (χ4n) is 3.56. The second-order valence-electron chi connectivity index (χ2n) is 8.67. The summed E-state index contributed by atoms with van der Waals surface area (Å²) in [6.07, 6.45) is 0.407. The molecular weight excluding hydrogens is 438 g/mol. The van der Waals surface area contributed by atoms with E-state index in [2.05, 4.69) is 5.32 Å². The summed E-state index contributed by atoms with van der Waals surface area (Å²) in [5.41, 5.74) is 2.86. The molecule has 1 N–H and O–H groups in total. The van der Waals surface area contributed by atoms with E-state index in [0.29, 0.717) is 6.42 Å². The van der Waals surface area contributed by atoms with Gasteiger partial charge in [-0.05, 0) is 51.8 Å². The van der Waals surface area contributed by atoms with E-state index in [1.807, 2.05) is 58.9 Å². The molecule has 33 heavy (non-hydrogen) atoms. The summed E-state index contributed by atoms with van der Waals surface area (Å²) in [5, 5.41) is 2.88. The first kappa shape index (κ1) is 26.5. The summed E-state index contributed by atoms with van der Waals surface area (Å²) in [6, 6.07) is 13.4. The molecule has 8 heteroatoms. The number of rotatable bonds is 10. The lowest BCUT2D eigenvalue weighted by Crippen LogP contribution is -2.52. The predicted molar refractivity (Wildman–Crippen MR) is 130 cm³/mol. The number of hydrogen-bond donors (Lipinski definition) is 1. The van der Waals surface area contributed by atoms with Crippen molar-refractivity contribution in [3.05, 3.63) is 65.2 Å². The molecule has 2 aromatic rings. The van der Waals surface area contributed by atoms with Gasteiger partial charge in [0.15, 0.2) is 0 Å². The van der Waals surface area contributed by atoms with Crippen LogP contribution in [-0.2, 0) is 26.2 Å². The van der Waals surface area contributed by atoms with Gasteiger partial charge >= 0.3 is 0 Å². The van der Waals surface area contributed by atoms with E-state index in [9.17, 15) is 18.0 Å². The number of carbonyl (C=O) groups excluding carboxylic acids is 2. The van der Waals surface area contributed by atoms with Crippen LogP contribution in [0.4, 0.5) is 0 Å². The maximum absolute atomic E-state index is 13.4. The predicted octanol–water partition coefficient (Wildman–Crippen LogP) is 3.26. The molecule has 0 fully saturated rings. The van der Waals surface area contributed by atoms with Gasteiger partial charge < -0.3 is 10.2 Å². The summed E-state index contributed by atoms with van der Waals surface area (Å²) in [5.74, 6) is -0.682. The molecule has 2 rings (SSSR count). The van der Waals surface area contributed by atoms with Crippen molar-refractivity contribution >= 4 is 21.8 Å². The van der Waals surface area contributed by atoms with Crippen LogP contribution in [0.5, 0.6) is 0 Å². The third-order valence-electron chi connectivity index (χ3n) is 5.34. The second-order valence-corrected chi connectivity index (χ2v) is 10.7. The Morgan fingerprint density at radius 1 is 1.00 bits per heavy atom. The zero-order valence-corrected chi connectivity index (χ0v) is 21.1. The van der Waals surface area contributed by atoms with Crippen molar-refractivity contribution in [3.63, 3.8) is 0 Å².